The van der Waals surface area contributed by atoms with Crippen LogP contribution in [0.3, 0.4) is 0 Å². The minimum absolute atomic E-state index is 0.0765. The van der Waals surface area contributed by atoms with Crippen molar-refractivity contribution in [2.24, 2.45) is 4.99 Å². The third kappa shape index (κ3) is 5.97. The van der Waals surface area contributed by atoms with Crippen LogP contribution in [0.15, 0.2) is 35.3 Å². The maximum Gasteiger partial charge on any atom is 0.417 e. The van der Waals surface area contributed by atoms with Gasteiger partial charge in [-0.3, -0.25) is 9.69 Å². The second-order valence-corrected chi connectivity index (χ2v) is 8.61. The minimum Gasteiger partial charge on any atom is -0.444 e. The molecule has 0 radical (unpaired) electrons. The minimum atomic E-state index is -0.987. The van der Waals surface area contributed by atoms with Crippen LogP contribution in [0.25, 0.3) is 0 Å². The highest BCUT2D eigenvalue weighted by atomic mass is 16.6. The molecule has 10 nitrogen and oxygen atoms in total. The largest absolute Gasteiger partial charge is 0.444 e. The zero-order valence-electron chi connectivity index (χ0n) is 18.9. The molecular formula is C22H30N4O6. The summed E-state index contributed by atoms with van der Waals surface area (Å²) in [6.07, 6.45) is -1.31. The number of aliphatic imine (C=N–C) groups is 1. The van der Waals surface area contributed by atoms with E-state index in [1.807, 2.05) is 35.2 Å². The van der Waals surface area contributed by atoms with Crippen LogP contribution in [0.2, 0.25) is 0 Å². The summed E-state index contributed by atoms with van der Waals surface area (Å²) < 4.78 is 16.2. The summed E-state index contributed by atoms with van der Waals surface area (Å²) in [6, 6.07) is 8.30. The van der Waals surface area contributed by atoms with Crippen molar-refractivity contribution in [2.45, 2.75) is 39.0 Å². The molecule has 1 aromatic rings. The molecule has 1 atom stereocenters. The van der Waals surface area contributed by atoms with Crippen LogP contribution in [0.5, 0.6) is 0 Å². The first-order valence-corrected chi connectivity index (χ1v) is 10.5. The average molecular weight is 447 g/mol. The molecular weight excluding hydrogens is 416 g/mol. The van der Waals surface area contributed by atoms with Gasteiger partial charge in [0.15, 0.2) is 0 Å². The number of carbonyl (C=O) groups excluding carboxylic acids is 3. The van der Waals surface area contributed by atoms with Crippen molar-refractivity contribution in [1.82, 2.24) is 14.7 Å². The molecule has 10 heteroatoms. The Labute approximate surface area is 187 Å². The van der Waals surface area contributed by atoms with Gasteiger partial charge in [0, 0.05) is 20.1 Å². The summed E-state index contributed by atoms with van der Waals surface area (Å²) in [5.41, 5.74) is 0.112. The van der Waals surface area contributed by atoms with Crippen LogP contribution in [-0.4, -0.2) is 90.3 Å². The van der Waals surface area contributed by atoms with Crippen molar-refractivity contribution >= 4 is 24.1 Å². The number of amides is 3. The summed E-state index contributed by atoms with van der Waals surface area (Å²) in [5.74, 6) is -0.308. The first kappa shape index (κ1) is 23.5. The molecule has 174 valence electrons. The summed E-state index contributed by atoms with van der Waals surface area (Å²) in [4.78, 5) is 46.8. The van der Waals surface area contributed by atoms with E-state index >= 15 is 0 Å². The van der Waals surface area contributed by atoms with E-state index < -0.39 is 29.7 Å². The van der Waals surface area contributed by atoms with E-state index in [-0.39, 0.29) is 19.1 Å². The Morgan fingerprint density at radius 2 is 1.84 bits per heavy atom. The second kappa shape index (κ2) is 9.99. The topological polar surface area (TPSA) is 101 Å². The van der Waals surface area contributed by atoms with E-state index in [0.29, 0.717) is 26.3 Å². The molecule has 0 bridgehead atoms. The van der Waals surface area contributed by atoms with Crippen LogP contribution in [0, 0.1) is 0 Å². The van der Waals surface area contributed by atoms with Crippen molar-refractivity contribution < 1.29 is 28.6 Å². The van der Waals surface area contributed by atoms with Gasteiger partial charge in [0.25, 0.3) is 5.91 Å². The maximum absolute atomic E-state index is 13.0. The number of carbonyl (C=O) groups is 3. The Morgan fingerprint density at radius 1 is 1.19 bits per heavy atom. The number of guanidine groups is 1. The summed E-state index contributed by atoms with van der Waals surface area (Å²) >= 11 is 0. The average Bonchev–Trinajstić information content (AvgIpc) is 2.77. The van der Waals surface area contributed by atoms with Gasteiger partial charge in [0.2, 0.25) is 5.96 Å². The SMILES string of the molecule is CN(C(=O)OC(C)(C)C)C1CN(C(=O)OCc2ccccc2)C(N2CCOCC2)=NC1=O. The highest BCUT2D eigenvalue weighted by Crippen LogP contribution is 2.18. The van der Waals surface area contributed by atoms with E-state index in [1.165, 1.54) is 16.8 Å². The highest BCUT2D eigenvalue weighted by molar-refractivity contribution is 6.05. The molecule has 3 rings (SSSR count). The Morgan fingerprint density at radius 3 is 2.47 bits per heavy atom. The lowest BCUT2D eigenvalue weighted by Crippen LogP contribution is -2.60. The lowest BCUT2D eigenvalue weighted by atomic mass is 10.2. The Kier molecular flexibility index (Phi) is 7.34. The number of benzene rings is 1. The molecule has 1 saturated heterocycles. The molecule has 0 aliphatic carbocycles. The monoisotopic (exact) mass is 446 g/mol. The van der Waals surface area contributed by atoms with Crippen LogP contribution in [0.1, 0.15) is 26.3 Å². The molecule has 2 aliphatic rings. The summed E-state index contributed by atoms with van der Waals surface area (Å²) in [5, 5.41) is 0. The van der Waals surface area contributed by atoms with Gasteiger partial charge in [-0.1, -0.05) is 30.3 Å². The zero-order chi connectivity index (χ0) is 23.3. The number of morpholine rings is 1. The summed E-state index contributed by atoms with van der Waals surface area (Å²) in [6.45, 7) is 7.10. The van der Waals surface area contributed by atoms with Gasteiger partial charge in [0.1, 0.15) is 18.2 Å². The number of nitrogens with zero attached hydrogens (tertiary/aromatic N) is 4. The molecule has 2 heterocycles. The van der Waals surface area contributed by atoms with Crippen molar-refractivity contribution in [1.29, 1.82) is 0 Å². The Hall–Kier alpha value is -3.14. The van der Waals surface area contributed by atoms with Gasteiger partial charge < -0.3 is 19.1 Å². The molecule has 2 aliphatic heterocycles. The van der Waals surface area contributed by atoms with Crippen molar-refractivity contribution in [3.63, 3.8) is 0 Å². The van der Waals surface area contributed by atoms with Gasteiger partial charge in [0.05, 0.1) is 19.8 Å². The third-order valence-electron chi connectivity index (χ3n) is 4.96. The first-order valence-electron chi connectivity index (χ1n) is 10.5. The summed E-state index contributed by atoms with van der Waals surface area (Å²) in [7, 11) is 1.46. The number of rotatable bonds is 3. The van der Waals surface area contributed by atoms with Gasteiger partial charge in [-0.2, -0.15) is 4.99 Å². The number of likely N-dealkylation sites (N-methyl/N-ethyl adjacent to an activating group) is 1. The standard InChI is InChI=1S/C22H30N4O6/c1-22(2,3)32-20(28)24(4)17-14-26(21(29)31-15-16-8-6-5-7-9-16)19(23-18(17)27)25-10-12-30-13-11-25/h5-9,17H,10-15H2,1-4H3. The lowest BCUT2D eigenvalue weighted by Gasteiger charge is -2.40. The first-order chi connectivity index (χ1) is 15.2. The fourth-order valence-electron chi connectivity index (χ4n) is 3.27. The lowest BCUT2D eigenvalue weighted by molar-refractivity contribution is -0.123. The zero-order valence-corrected chi connectivity index (χ0v) is 18.9. The van der Waals surface area contributed by atoms with Crippen LogP contribution < -0.4 is 0 Å². The number of ether oxygens (including phenoxy) is 3. The van der Waals surface area contributed by atoms with Crippen LogP contribution in [0.4, 0.5) is 9.59 Å². The molecule has 0 aromatic heterocycles. The van der Waals surface area contributed by atoms with Gasteiger partial charge in [-0.25, -0.2) is 14.5 Å². The normalized spacial score (nSPS) is 19.3. The van der Waals surface area contributed by atoms with E-state index in [2.05, 4.69) is 4.99 Å². The van der Waals surface area contributed by atoms with E-state index in [1.54, 1.807) is 20.8 Å². The van der Waals surface area contributed by atoms with Crippen molar-refractivity contribution in [3.8, 4) is 0 Å². The molecule has 0 N–H and O–H groups in total. The third-order valence-corrected chi connectivity index (χ3v) is 4.96. The van der Waals surface area contributed by atoms with Gasteiger partial charge >= 0.3 is 12.2 Å². The molecule has 0 spiro atoms. The fourth-order valence-corrected chi connectivity index (χ4v) is 3.27. The second-order valence-electron chi connectivity index (χ2n) is 8.61. The molecule has 1 fully saturated rings. The predicted octanol–water partition coefficient (Wildman–Crippen LogP) is 2.09. The molecule has 32 heavy (non-hydrogen) atoms. The van der Waals surface area contributed by atoms with E-state index in [0.717, 1.165) is 5.56 Å². The van der Waals surface area contributed by atoms with Crippen LogP contribution >= 0.6 is 0 Å². The predicted molar refractivity (Wildman–Crippen MR) is 116 cm³/mol. The number of hydrogen-bond donors (Lipinski definition) is 0. The molecule has 1 aromatic carbocycles. The Bertz CT molecular complexity index is 861. The van der Waals surface area contributed by atoms with E-state index in [4.69, 9.17) is 14.2 Å². The van der Waals surface area contributed by atoms with Crippen molar-refractivity contribution in [2.75, 3.05) is 39.9 Å². The van der Waals surface area contributed by atoms with E-state index in [9.17, 15) is 14.4 Å². The number of hydrogen-bond acceptors (Lipinski definition) is 7. The Balaban J connectivity index is 1.79. The fraction of sp³-hybridized carbons (Fsp3) is 0.545. The smallest absolute Gasteiger partial charge is 0.417 e. The van der Waals surface area contributed by atoms with Gasteiger partial charge in [-0.15, -0.1) is 0 Å². The molecule has 3 amide bonds. The maximum atomic E-state index is 13.0. The highest BCUT2D eigenvalue weighted by Gasteiger charge is 2.41. The molecule has 0 saturated carbocycles. The van der Waals surface area contributed by atoms with Gasteiger partial charge in [-0.05, 0) is 26.3 Å². The van der Waals surface area contributed by atoms with Crippen molar-refractivity contribution in [3.05, 3.63) is 35.9 Å². The van der Waals surface area contributed by atoms with Crippen LogP contribution in [-0.2, 0) is 25.6 Å². The quantitative estimate of drug-likeness (QED) is 0.701. The molecule has 1 unspecified atom stereocenters.